The van der Waals surface area contributed by atoms with E-state index in [0.717, 1.165) is 48.1 Å². The number of aryl methyl sites for hydroxylation is 1. The topological polar surface area (TPSA) is 91.3 Å². The van der Waals surface area contributed by atoms with Crippen molar-refractivity contribution in [1.82, 2.24) is 10.3 Å². The zero-order valence-electron chi connectivity index (χ0n) is 21.1. The molecule has 0 atom stereocenters. The van der Waals surface area contributed by atoms with E-state index in [0.29, 0.717) is 11.4 Å². The van der Waals surface area contributed by atoms with Gasteiger partial charge in [-0.05, 0) is 36.8 Å². The van der Waals surface area contributed by atoms with Gasteiger partial charge in [-0.15, -0.1) is 0 Å². The van der Waals surface area contributed by atoms with E-state index in [4.69, 9.17) is 4.74 Å². The number of hydrogen-bond donors (Lipinski definition) is 1. The van der Waals surface area contributed by atoms with E-state index in [-0.39, 0.29) is 4.90 Å². The summed E-state index contributed by atoms with van der Waals surface area (Å²) in [4.78, 5) is 15.4. The minimum atomic E-state index is -4.01. The zero-order chi connectivity index (χ0) is 26.3. The van der Waals surface area contributed by atoms with Crippen LogP contribution in [0.1, 0.15) is 24.0 Å². The summed E-state index contributed by atoms with van der Waals surface area (Å²) in [5.41, 5.74) is 6.00. The van der Waals surface area contributed by atoms with Crippen LogP contribution in [0, 0.1) is 6.92 Å². The Morgan fingerprint density at radius 2 is 1.70 bits per heavy atom. The average molecular weight is 521 g/mol. The van der Waals surface area contributed by atoms with Gasteiger partial charge in [0.2, 0.25) is 0 Å². The fraction of sp³-hybridized carbons (Fsp3) is 0.286. The summed E-state index contributed by atoms with van der Waals surface area (Å²) in [6.45, 7) is 4.05. The molecule has 0 radical (unpaired) electrons. The van der Waals surface area contributed by atoms with Crippen LogP contribution >= 0.6 is 0 Å². The fourth-order valence-electron chi connectivity index (χ4n) is 4.15. The molecule has 3 aromatic carbocycles. The third-order valence-corrected chi connectivity index (χ3v) is 8.05. The Labute approximate surface area is 218 Å². The molecule has 1 heterocycles. The lowest BCUT2D eigenvalue weighted by atomic mass is 10.1. The lowest BCUT2D eigenvalue weighted by Gasteiger charge is -2.27. The smallest absolute Gasteiger partial charge is 0.264 e. The highest BCUT2D eigenvalue weighted by atomic mass is 32.2. The molecule has 37 heavy (non-hydrogen) atoms. The maximum absolute atomic E-state index is 13.5. The second kappa shape index (κ2) is 12.0. The number of carbonyl (C=O) groups excluding carboxylic acids is 1. The number of methoxy groups -OCH3 is 1. The number of ether oxygens (including phenoxy) is 1. The zero-order valence-corrected chi connectivity index (χ0v) is 21.9. The first kappa shape index (κ1) is 26.4. The fourth-order valence-corrected chi connectivity index (χ4v) is 5.56. The van der Waals surface area contributed by atoms with E-state index in [2.05, 4.69) is 27.6 Å². The lowest BCUT2D eigenvalue weighted by Crippen LogP contribution is -2.40. The van der Waals surface area contributed by atoms with Crippen molar-refractivity contribution in [2.75, 3.05) is 31.0 Å². The summed E-state index contributed by atoms with van der Waals surface area (Å²) in [5.74, 6) is -0.0257. The Morgan fingerprint density at radius 1 is 1.00 bits per heavy atom. The lowest BCUT2D eigenvalue weighted by molar-refractivity contribution is -0.119. The van der Waals surface area contributed by atoms with Crippen LogP contribution in [0.4, 0.5) is 5.69 Å². The van der Waals surface area contributed by atoms with Crippen LogP contribution in [0.15, 0.2) is 88.9 Å². The van der Waals surface area contributed by atoms with E-state index < -0.39 is 22.5 Å². The molecule has 0 spiro atoms. The number of hydrazone groups is 1. The van der Waals surface area contributed by atoms with E-state index >= 15 is 0 Å². The Hall–Kier alpha value is -3.69. The minimum absolute atomic E-state index is 0.103. The summed E-state index contributed by atoms with van der Waals surface area (Å²) in [7, 11) is -2.50. The molecule has 1 aliphatic heterocycles. The molecule has 1 amide bonds. The van der Waals surface area contributed by atoms with Crippen LogP contribution in [0.2, 0.25) is 0 Å². The van der Waals surface area contributed by atoms with Gasteiger partial charge in [0.25, 0.3) is 15.9 Å². The van der Waals surface area contributed by atoms with Gasteiger partial charge in [0.05, 0.1) is 17.7 Å². The molecule has 3 aromatic rings. The van der Waals surface area contributed by atoms with Crippen molar-refractivity contribution in [3.63, 3.8) is 0 Å². The summed E-state index contributed by atoms with van der Waals surface area (Å²) in [6, 6.07) is 23.5. The summed E-state index contributed by atoms with van der Waals surface area (Å²) in [6.07, 6.45) is 1.49. The molecule has 1 aliphatic rings. The molecule has 0 aromatic heterocycles. The highest BCUT2D eigenvalue weighted by Gasteiger charge is 2.27. The van der Waals surface area contributed by atoms with E-state index in [1.165, 1.54) is 12.7 Å². The van der Waals surface area contributed by atoms with Crippen LogP contribution in [-0.4, -0.2) is 51.7 Å². The van der Waals surface area contributed by atoms with Crippen molar-refractivity contribution in [2.24, 2.45) is 5.10 Å². The predicted octanol–water partition coefficient (Wildman–Crippen LogP) is 3.97. The molecule has 0 aliphatic carbocycles. The van der Waals surface area contributed by atoms with Gasteiger partial charge in [0.1, 0.15) is 12.3 Å². The van der Waals surface area contributed by atoms with Crippen LogP contribution in [0.5, 0.6) is 5.75 Å². The highest BCUT2D eigenvalue weighted by Crippen LogP contribution is 2.27. The van der Waals surface area contributed by atoms with Gasteiger partial charge >= 0.3 is 0 Å². The van der Waals surface area contributed by atoms with E-state index in [1.807, 2.05) is 25.1 Å². The minimum Gasteiger partial charge on any atom is -0.497 e. The Bertz CT molecular complexity index is 1330. The molecule has 9 heteroatoms. The summed E-state index contributed by atoms with van der Waals surface area (Å²) < 4.78 is 33.4. The van der Waals surface area contributed by atoms with Gasteiger partial charge in [-0.25, -0.2) is 13.8 Å². The molecule has 194 valence electrons. The first-order valence-electron chi connectivity index (χ1n) is 12.2. The van der Waals surface area contributed by atoms with Gasteiger partial charge in [0.15, 0.2) is 0 Å². The second-order valence-electron chi connectivity index (χ2n) is 9.00. The third kappa shape index (κ3) is 6.96. The van der Waals surface area contributed by atoms with Crippen molar-refractivity contribution in [2.45, 2.75) is 31.2 Å². The number of benzene rings is 3. The second-order valence-corrected chi connectivity index (χ2v) is 10.9. The number of likely N-dealkylation sites (tertiary alicyclic amines) is 1. The molecule has 1 saturated heterocycles. The molecule has 0 bridgehead atoms. The van der Waals surface area contributed by atoms with Crippen LogP contribution < -0.4 is 14.5 Å². The molecule has 4 rings (SSSR count). The largest absolute Gasteiger partial charge is 0.497 e. The normalized spacial score (nSPS) is 14.2. The quantitative estimate of drug-likeness (QED) is 0.431. The first-order chi connectivity index (χ1) is 17.8. The SMILES string of the molecule is COc1cccc(N(CC(=O)NN=C2CCN(Cc3ccccc3)CC2)S(=O)(=O)c2ccc(C)cc2)c1. The number of anilines is 1. The van der Waals surface area contributed by atoms with Crippen LogP contribution in [0.3, 0.4) is 0 Å². The number of hydrogen-bond acceptors (Lipinski definition) is 6. The highest BCUT2D eigenvalue weighted by molar-refractivity contribution is 7.92. The number of nitrogens with zero attached hydrogens (tertiary/aromatic N) is 3. The Kier molecular flexibility index (Phi) is 8.58. The van der Waals surface area contributed by atoms with Gasteiger partial charge in [-0.1, -0.05) is 54.1 Å². The number of carbonyl (C=O) groups is 1. The number of piperidine rings is 1. The molecule has 1 fully saturated rings. The standard InChI is InChI=1S/C28H32N4O4S/c1-22-11-13-27(14-12-22)37(34,35)32(25-9-6-10-26(19-25)36-2)21-28(33)30-29-24-15-17-31(18-16-24)20-23-7-4-3-5-8-23/h3-14,19H,15-18,20-21H2,1-2H3,(H,30,33). The van der Waals surface area contributed by atoms with Gasteiger partial charge in [-0.2, -0.15) is 5.10 Å². The molecule has 8 nitrogen and oxygen atoms in total. The van der Waals surface area contributed by atoms with Gasteiger partial charge in [0, 0.05) is 44.3 Å². The molecule has 0 saturated carbocycles. The average Bonchev–Trinajstić information content (AvgIpc) is 2.92. The van der Waals surface area contributed by atoms with Crippen molar-refractivity contribution >= 4 is 27.3 Å². The summed E-state index contributed by atoms with van der Waals surface area (Å²) >= 11 is 0. The maximum atomic E-state index is 13.5. The molecular formula is C28H32N4O4S. The Balaban J connectivity index is 1.44. The van der Waals surface area contributed by atoms with E-state index in [1.54, 1.807) is 48.5 Å². The van der Waals surface area contributed by atoms with Crippen LogP contribution in [-0.2, 0) is 21.4 Å². The predicted molar refractivity (Wildman–Crippen MR) is 145 cm³/mol. The number of sulfonamides is 1. The number of amides is 1. The van der Waals surface area contributed by atoms with Crippen molar-refractivity contribution in [3.05, 3.63) is 90.0 Å². The van der Waals surface area contributed by atoms with E-state index in [9.17, 15) is 13.2 Å². The van der Waals surface area contributed by atoms with Crippen LogP contribution in [0.25, 0.3) is 0 Å². The van der Waals surface area contributed by atoms with Crippen molar-refractivity contribution in [3.8, 4) is 5.75 Å². The Morgan fingerprint density at radius 3 is 2.38 bits per heavy atom. The third-order valence-electron chi connectivity index (χ3n) is 6.26. The monoisotopic (exact) mass is 520 g/mol. The number of rotatable bonds is 9. The first-order valence-corrected chi connectivity index (χ1v) is 13.6. The van der Waals surface area contributed by atoms with Gasteiger partial charge in [-0.3, -0.25) is 14.0 Å². The maximum Gasteiger partial charge on any atom is 0.264 e. The van der Waals surface area contributed by atoms with Crippen molar-refractivity contribution in [1.29, 1.82) is 0 Å². The molecule has 1 N–H and O–H groups in total. The van der Waals surface area contributed by atoms with Crippen molar-refractivity contribution < 1.29 is 17.9 Å². The molecular weight excluding hydrogens is 488 g/mol. The summed E-state index contributed by atoms with van der Waals surface area (Å²) in [5, 5.41) is 4.32. The molecule has 0 unspecified atom stereocenters. The van der Waals surface area contributed by atoms with Gasteiger partial charge < -0.3 is 4.74 Å². The number of nitrogens with one attached hydrogen (secondary N) is 1.